The summed E-state index contributed by atoms with van der Waals surface area (Å²) >= 11 is 0. The van der Waals surface area contributed by atoms with Crippen molar-refractivity contribution < 1.29 is 48.1 Å². The van der Waals surface area contributed by atoms with Crippen LogP contribution in [0.5, 0.6) is 5.75 Å². The zero-order chi connectivity index (χ0) is 24.6. The zero-order valence-corrected chi connectivity index (χ0v) is 19.0. The molecule has 2 rings (SSSR count). The van der Waals surface area contributed by atoms with E-state index in [1.807, 2.05) is 0 Å². The third kappa shape index (κ3) is 9.16. The van der Waals surface area contributed by atoms with Crippen LogP contribution < -0.4 is 15.5 Å². The van der Waals surface area contributed by atoms with Gasteiger partial charge in [0.1, 0.15) is 18.2 Å². The van der Waals surface area contributed by atoms with E-state index in [1.54, 1.807) is 20.8 Å². The highest BCUT2D eigenvalue weighted by Gasteiger charge is 2.27. The van der Waals surface area contributed by atoms with Crippen molar-refractivity contribution in [1.29, 1.82) is 0 Å². The zero-order valence-electron chi connectivity index (χ0n) is 19.0. The van der Waals surface area contributed by atoms with E-state index in [9.17, 15) is 29.1 Å². The number of benzene rings is 1. The number of alkyl carbamates (subject to hydrolysis) is 1. The second-order valence-electron chi connectivity index (χ2n) is 8.63. The third-order valence-corrected chi connectivity index (χ3v) is 4.61. The number of ether oxygens (including phenoxy) is 4. The number of halogens is 1. The van der Waals surface area contributed by atoms with E-state index in [4.69, 9.17) is 18.9 Å². The molecule has 33 heavy (non-hydrogen) atoms. The Kier molecular flexibility index (Phi) is 9.90. The number of hydrogen-bond donors (Lipinski definition) is 4. The predicted octanol–water partition coefficient (Wildman–Crippen LogP) is 0.948. The molecule has 1 unspecified atom stereocenters. The molecule has 12 heteroatoms. The van der Waals surface area contributed by atoms with Gasteiger partial charge in [-0.1, -0.05) is 6.07 Å². The highest BCUT2D eigenvalue weighted by Crippen LogP contribution is 2.19. The van der Waals surface area contributed by atoms with E-state index in [0.29, 0.717) is 6.61 Å². The molecule has 1 aromatic carbocycles. The Hall–Kier alpha value is -2.41. The van der Waals surface area contributed by atoms with Gasteiger partial charge in [0.2, 0.25) is 0 Å². The summed E-state index contributed by atoms with van der Waals surface area (Å²) in [6.07, 6.45) is 1.10. The standard InChI is InChI=1S/C21H31BFNO9/c1-21(2,3)33-20(27)24-16(19(25)26)12-13-10-14(22(28)29)18(15(23)11-13)32-9-8-31-17-6-4-5-7-30-17/h10-11,16-17,28-29H,4-9,12H2,1-3H3,(H,24,27)(H,25,26)/t16-,17?/m0/s1. The lowest BCUT2D eigenvalue weighted by Gasteiger charge is -2.23. The van der Waals surface area contributed by atoms with E-state index >= 15 is 0 Å². The first-order valence-corrected chi connectivity index (χ1v) is 10.7. The average Bonchev–Trinajstić information content (AvgIpc) is 2.70. The first kappa shape index (κ1) is 26.8. The van der Waals surface area contributed by atoms with Crippen LogP contribution in [0.4, 0.5) is 9.18 Å². The molecule has 1 aromatic rings. The third-order valence-electron chi connectivity index (χ3n) is 4.61. The van der Waals surface area contributed by atoms with Crippen LogP contribution in [-0.2, 0) is 25.4 Å². The number of carboxylic acids is 1. The molecule has 2 atom stereocenters. The van der Waals surface area contributed by atoms with Crippen molar-refractivity contribution in [3.8, 4) is 5.75 Å². The van der Waals surface area contributed by atoms with E-state index in [2.05, 4.69) is 5.32 Å². The van der Waals surface area contributed by atoms with Gasteiger partial charge in [0.25, 0.3) is 0 Å². The number of aliphatic carboxylic acids is 1. The maximum atomic E-state index is 14.7. The van der Waals surface area contributed by atoms with Crippen LogP contribution in [0.15, 0.2) is 12.1 Å². The Bertz CT molecular complexity index is 810. The van der Waals surface area contributed by atoms with E-state index < -0.39 is 36.6 Å². The number of rotatable bonds is 10. The van der Waals surface area contributed by atoms with Gasteiger partial charge in [-0.2, -0.15) is 0 Å². The lowest BCUT2D eigenvalue weighted by atomic mass is 9.78. The topological polar surface area (TPSA) is 144 Å². The number of amides is 1. The van der Waals surface area contributed by atoms with E-state index in [-0.39, 0.29) is 42.7 Å². The molecule has 0 aliphatic carbocycles. The van der Waals surface area contributed by atoms with Gasteiger partial charge in [-0.15, -0.1) is 0 Å². The largest absolute Gasteiger partial charge is 0.492 e. The van der Waals surface area contributed by atoms with E-state index in [0.717, 1.165) is 25.3 Å². The van der Waals surface area contributed by atoms with Gasteiger partial charge < -0.3 is 39.4 Å². The van der Waals surface area contributed by atoms with Gasteiger partial charge in [-0.25, -0.2) is 14.0 Å². The molecule has 1 aliphatic heterocycles. The Balaban J connectivity index is 2.05. The fourth-order valence-electron chi connectivity index (χ4n) is 3.19. The highest BCUT2D eigenvalue weighted by atomic mass is 19.1. The summed E-state index contributed by atoms with van der Waals surface area (Å²) in [5, 5.41) is 31.0. The molecule has 0 radical (unpaired) electrons. The summed E-state index contributed by atoms with van der Waals surface area (Å²) < 4.78 is 36.1. The van der Waals surface area contributed by atoms with Crippen molar-refractivity contribution in [2.45, 2.75) is 64.4 Å². The summed E-state index contributed by atoms with van der Waals surface area (Å²) in [6.45, 7) is 5.53. The Morgan fingerprint density at radius 2 is 2.00 bits per heavy atom. The second kappa shape index (κ2) is 12.2. The molecule has 1 heterocycles. The molecular weight excluding hydrogens is 440 g/mol. The Morgan fingerprint density at radius 3 is 2.58 bits per heavy atom. The minimum Gasteiger partial charge on any atom is -0.488 e. The summed E-state index contributed by atoms with van der Waals surface area (Å²) in [5.74, 6) is -2.66. The Morgan fingerprint density at radius 1 is 1.27 bits per heavy atom. The molecular formula is C21H31BFNO9. The molecule has 4 N–H and O–H groups in total. The van der Waals surface area contributed by atoms with Crippen LogP contribution in [-0.4, -0.2) is 72.1 Å². The monoisotopic (exact) mass is 471 g/mol. The SMILES string of the molecule is CC(C)(C)OC(=O)N[C@@H](Cc1cc(F)c(OCCOC2CCCCO2)c(B(O)O)c1)C(=O)O. The van der Waals surface area contributed by atoms with Gasteiger partial charge in [-0.05, 0) is 51.7 Å². The van der Waals surface area contributed by atoms with Crippen LogP contribution in [0.2, 0.25) is 0 Å². The molecule has 0 aromatic heterocycles. The van der Waals surface area contributed by atoms with Gasteiger partial charge in [0.05, 0.1) is 6.61 Å². The minimum atomic E-state index is -2.07. The lowest BCUT2D eigenvalue weighted by Crippen LogP contribution is -2.45. The number of hydrogen-bond acceptors (Lipinski definition) is 8. The average molecular weight is 471 g/mol. The van der Waals surface area contributed by atoms with Crippen molar-refractivity contribution in [3.05, 3.63) is 23.5 Å². The fourth-order valence-corrected chi connectivity index (χ4v) is 3.19. The molecule has 1 amide bonds. The Labute approximate surface area is 192 Å². The quantitative estimate of drug-likeness (QED) is 0.290. The first-order chi connectivity index (χ1) is 15.5. The molecule has 1 saturated heterocycles. The summed E-state index contributed by atoms with van der Waals surface area (Å²) in [7, 11) is -2.07. The van der Waals surface area contributed by atoms with Crippen molar-refractivity contribution in [2.24, 2.45) is 0 Å². The van der Waals surface area contributed by atoms with Crippen molar-refractivity contribution in [1.82, 2.24) is 5.32 Å². The minimum absolute atomic E-state index is 0.0617. The van der Waals surface area contributed by atoms with Crippen LogP contribution in [0.25, 0.3) is 0 Å². The van der Waals surface area contributed by atoms with Gasteiger partial charge >= 0.3 is 19.2 Å². The van der Waals surface area contributed by atoms with Crippen molar-refractivity contribution >= 4 is 24.6 Å². The summed E-state index contributed by atoms with van der Waals surface area (Å²) in [5.41, 5.74) is -1.00. The maximum Gasteiger partial charge on any atom is 0.492 e. The smallest absolute Gasteiger partial charge is 0.488 e. The number of carboxylic acid groups (broad SMARTS) is 1. The maximum absolute atomic E-state index is 14.7. The highest BCUT2D eigenvalue weighted by molar-refractivity contribution is 6.59. The molecule has 0 spiro atoms. The first-order valence-electron chi connectivity index (χ1n) is 10.7. The fraction of sp³-hybridized carbons (Fsp3) is 0.619. The van der Waals surface area contributed by atoms with Crippen LogP contribution >= 0.6 is 0 Å². The molecule has 1 aliphatic rings. The summed E-state index contributed by atoms with van der Waals surface area (Å²) in [6, 6.07) is 0.790. The van der Waals surface area contributed by atoms with Crippen LogP contribution in [0.1, 0.15) is 45.6 Å². The molecule has 0 saturated carbocycles. The van der Waals surface area contributed by atoms with Crippen molar-refractivity contribution in [3.63, 3.8) is 0 Å². The molecule has 10 nitrogen and oxygen atoms in total. The van der Waals surface area contributed by atoms with Gasteiger partial charge in [0.15, 0.2) is 17.9 Å². The molecule has 1 fully saturated rings. The van der Waals surface area contributed by atoms with Crippen LogP contribution in [0.3, 0.4) is 0 Å². The number of nitrogens with one attached hydrogen (secondary N) is 1. The van der Waals surface area contributed by atoms with Crippen LogP contribution in [0, 0.1) is 5.82 Å². The lowest BCUT2D eigenvalue weighted by molar-refractivity contribution is -0.165. The molecule has 0 bridgehead atoms. The van der Waals surface area contributed by atoms with Gasteiger partial charge in [-0.3, -0.25) is 0 Å². The predicted molar refractivity (Wildman–Crippen MR) is 116 cm³/mol. The van der Waals surface area contributed by atoms with Crippen molar-refractivity contribution in [2.75, 3.05) is 19.8 Å². The number of carbonyl (C=O) groups is 2. The molecule has 184 valence electrons. The normalized spacial score (nSPS) is 17.2. The number of carbonyl (C=O) groups excluding carboxylic acids is 1. The summed E-state index contributed by atoms with van der Waals surface area (Å²) in [4.78, 5) is 23.5. The van der Waals surface area contributed by atoms with Gasteiger partial charge in [0, 0.05) is 18.5 Å². The second-order valence-corrected chi connectivity index (χ2v) is 8.63. The van der Waals surface area contributed by atoms with E-state index in [1.165, 1.54) is 6.07 Å².